The van der Waals surface area contributed by atoms with Crippen LogP contribution in [0.4, 0.5) is 0 Å². The number of hydrogen-bond donors (Lipinski definition) is 0. The first-order chi connectivity index (χ1) is 8.66. The molecule has 4 nitrogen and oxygen atoms in total. The zero-order valence-electron chi connectivity index (χ0n) is 9.43. The minimum Gasteiger partial charge on any atom is -0.264 e. The monoisotopic (exact) mass is 278 g/mol. The van der Waals surface area contributed by atoms with E-state index in [1.165, 1.54) is 0 Å². The first kappa shape index (κ1) is 11.4. The number of rotatable bonds is 1. The molecular weight excluding hydrogens is 271 g/mol. The maximum absolute atomic E-state index is 6.10. The first-order valence-corrected chi connectivity index (χ1v) is 6.04. The van der Waals surface area contributed by atoms with E-state index in [4.69, 9.17) is 23.2 Å². The van der Waals surface area contributed by atoms with Gasteiger partial charge in [-0.05, 0) is 13.0 Å². The van der Waals surface area contributed by atoms with Crippen molar-refractivity contribution in [3.05, 3.63) is 46.6 Å². The molecular formula is C12H8Cl2N4. The quantitative estimate of drug-likeness (QED) is 0.641. The Balaban J connectivity index is 2.39. The Morgan fingerprint density at radius 1 is 1.28 bits per heavy atom. The molecule has 0 radical (unpaired) electrons. The lowest BCUT2D eigenvalue weighted by molar-refractivity contribution is 0.918. The van der Waals surface area contributed by atoms with E-state index in [0.717, 1.165) is 16.8 Å². The topological polar surface area (TPSA) is 43.1 Å². The molecule has 0 aromatic carbocycles. The summed E-state index contributed by atoms with van der Waals surface area (Å²) >= 11 is 12.0. The number of fused-ring (bicyclic) bond motifs is 1. The third-order valence-corrected chi connectivity index (χ3v) is 3.10. The molecule has 0 unspecified atom stereocenters. The van der Waals surface area contributed by atoms with E-state index in [1.807, 2.05) is 19.1 Å². The van der Waals surface area contributed by atoms with Crippen LogP contribution in [0.1, 0.15) is 5.69 Å². The van der Waals surface area contributed by atoms with Crippen molar-refractivity contribution in [2.75, 3.05) is 0 Å². The van der Waals surface area contributed by atoms with E-state index in [1.54, 1.807) is 23.0 Å². The van der Waals surface area contributed by atoms with Crippen molar-refractivity contribution in [2.45, 2.75) is 6.92 Å². The predicted octanol–water partition coefficient (Wildman–Crippen LogP) is 3.41. The van der Waals surface area contributed by atoms with Crippen LogP contribution in [0.25, 0.3) is 16.8 Å². The van der Waals surface area contributed by atoms with E-state index in [-0.39, 0.29) is 0 Å². The number of aryl methyl sites for hydroxylation is 1. The fourth-order valence-corrected chi connectivity index (χ4v) is 2.37. The first-order valence-electron chi connectivity index (χ1n) is 5.28. The summed E-state index contributed by atoms with van der Waals surface area (Å²) in [5.41, 5.74) is 3.31. The van der Waals surface area contributed by atoms with Gasteiger partial charge in [0.15, 0.2) is 5.65 Å². The molecule has 0 aliphatic carbocycles. The van der Waals surface area contributed by atoms with Gasteiger partial charge in [0.1, 0.15) is 10.3 Å². The van der Waals surface area contributed by atoms with Crippen LogP contribution in [-0.4, -0.2) is 19.6 Å². The Hall–Kier alpha value is -1.65. The van der Waals surface area contributed by atoms with Crippen molar-refractivity contribution in [1.29, 1.82) is 0 Å². The maximum atomic E-state index is 6.10. The minimum absolute atomic E-state index is 0.345. The summed E-state index contributed by atoms with van der Waals surface area (Å²) in [6.07, 6.45) is 3.48. The zero-order valence-corrected chi connectivity index (χ0v) is 10.9. The molecule has 3 aromatic heterocycles. The summed E-state index contributed by atoms with van der Waals surface area (Å²) in [5.74, 6) is 0. The summed E-state index contributed by atoms with van der Waals surface area (Å²) in [6, 6.07) is 5.38. The van der Waals surface area contributed by atoms with Gasteiger partial charge in [-0.3, -0.25) is 4.98 Å². The predicted molar refractivity (Wildman–Crippen MR) is 71.0 cm³/mol. The molecule has 0 saturated carbocycles. The molecule has 3 heterocycles. The summed E-state index contributed by atoms with van der Waals surface area (Å²) < 4.78 is 1.57. The van der Waals surface area contributed by atoms with Crippen LogP contribution in [0.5, 0.6) is 0 Å². The smallest absolute Gasteiger partial charge is 0.166 e. The van der Waals surface area contributed by atoms with Crippen LogP contribution in [0.15, 0.2) is 30.6 Å². The fourth-order valence-electron chi connectivity index (χ4n) is 1.91. The summed E-state index contributed by atoms with van der Waals surface area (Å²) in [5, 5.41) is 5.14. The van der Waals surface area contributed by atoms with Gasteiger partial charge in [0, 0.05) is 24.0 Å². The van der Waals surface area contributed by atoms with Gasteiger partial charge in [0.2, 0.25) is 0 Å². The van der Waals surface area contributed by atoms with Gasteiger partial charge in [-0.2, -0.15) is 5.10 Å². The van der Waals surface area contributed by atoms with Gasteiger partial charge in [0.05, 0.1) is 11.3 Å². The summed E-state index contributed by atoms with van der Waals surface area (Å²) in [7, 11) is 0. The van der Waals surface area contributed by atoms with Crippen LogP contribution in [0, 0.1) is 6.92 Å². The number of nitrogens with zero attached hydrogens (tertiary/aromatic N) is 4. The highest BCUT2D eigenvalue weighted by Gasteiger charge is 2.15. The van der Waals surface area contributed by atoms with Crippen molar-refractivity contribution in [2.24, 2.45) is 0 Å². The van der Waals surface area contributed by atoms with E-state index < -0.39 is 0 Å². The highest BCUT2D eigenvalue weighted by atomic mass is 35.5. The lowest BCUT2D eigenvalue weighted by Gasteiger charge is -2.00. The summed E-state index contributed by atoms with van der Waals surface area (Å²) in [6.45, 7) is 1.90. The Morgan fingerprint density at radius 3 is 2.83 bits per heavy atom. The van der Waals surface area contributed by atoms with Gasteiger partial charge in [-0.15, -0.1) is 0 Å². The Bertz CT molecular complexity index is 722. The van der Waals surface area contributed by atoms with E-state index >= 15 is 0 Å². The van der Waals surface area contributed by atoms with Gasteiger partial charge in [-0.1, -0.05) is 29.3 Å². The highest BCUT2D eigenvalue weighted by molar-refractivity contribution is 6.33. The number of aromatic nitrogens is 4. The molecule has 0 amide bonds. The van der Waals surface area contributed by atoms with Crippen molar-refractivity contribution < 1.29 is 0 Å². The van der Waals surface area contributed by atoms with Crippen LogP contribution < -0.4 is 0 Å². The molecule has 3 rings (SSSR count). The van der Waals surface area contributed by atoms with Crippen molar-refractivity contribution >= 4 is 28.8 Å². The largest absolute Gasteiger partial charge is 0.264 e. The second-order valence-corrected chi connectivity index (χ2v) is 4.61. The van der Waals surface area contributed by atoms with Crippen LogP contribution >= 0.6 is 23.2 Å². The number of pyridine rings is 1. The third-order valence-electron chi connectivity index (χ3n) is 2.64. The lowest BCUT2D eigenvalue weighted by Crippen LogP contribution is -1.92. The standard InChI is InChI=1S/C12H8Cl2N4/c1-7-11(8-3-2-4-15-6-8)12-16-9(13)5-10(14)18(12)17-7/h2-6H,1H3. The van der Waals surface area contributed by atoms with Gasteiger partial charge >= 0.3 is 0 Å². The van der Waals surface area contributed by atoms with Crippen LogP contribution in [0.2, 0.25) is 10.3 Å². The molecule has 3 aromatic rings. The SMILES string of the molecule is Cc1nn2c(Cl)cc(Cl)nc2c1-c1cccnc1. The number of hydrogen-bond acceptors (Lipinski definition) is 3. The molecule has 0 fully saturated rings. The maximum Gasteiger partial charge on any atom is 0.166 e. The van der Waals surface area contributed by atoms with Gasteiger partial charge in [-0.25, -0.2) is 9.50 Å². The third kappa shape index (κ3) is 1.74. The molecule has 0 atom stereocenters. The molecule has 0 aliphatic heterocycles. The normalized spacial score (nSPS) is 11.1. The molecule has 0 spiro atoms. The van der Waals surface area contributed by atoms with E-state index in [2.05, 4.69) is 15.1 Å². The molecule has 0 saturated heterocycles. The molecule has 0 aliphatic rings. The van der Waals surface area contributed by atoms with Crippen LogP contribution in [-0.2, 0) is 0 Å². The van der Waals surface area contributed by atoms with Gasteiger partial charge < -0.3 is 0 Å². The van der Waals surface area contributed by atoms with Crippen molar-refractivity contribution in [3.63, 3.8) is 0 Å². The lowest BCUT2D eigenvalue weighted by atomic mass is 10.1. The molecule has 0 N–H and O–H groups in total. The fraction of sp³-hybridized carbons (Fsp3) is 0.0833. The van der Waals surface area contributed by atoms with Gasteiger partial charge in [0.25, 0.3) is 0 Å². The highest BCUT2D eigenvalue weighted by Crippen LogP contribution is 2.29. The van der Waals surface area contributed by atoms with Crippen molar-refractivity contribution in [3.8, 4) is 11.1 Å². The Morgan fingerprint density at radius 2 is 2.11 bits per heavy atom. The van der Waals surface area contributed by atoms with E-state index in [9.17, 15) is 0 Å². The molecule has 0 bridgehead atoms. The summed E-state index contributed by atoms with van der Waals surface area (Å²) in [4.78, 5) is 8.39. The Kier molecular flexibility index (Phi) is 2.69. The second-order valence-electron chi connectivity index (χ2n) is 3.84. The van der Waals surface area contributed by atoms with E-state index in [0.29, 0.717) is 16.0 Å². The van der Waals surface area contributed by atoms with Crippen LogP contribution in [0.3, 0.4) is 0 Å². The average Bonchev–Trinajstić information content (AvgIpc) is 2.67. The molecule has 6 heteroatoms. The molecule has 90 valence electrons. The molecule has 18 heavy (non-hydrogen) atoms. The average molecular weight is 279 g/mol. The second kappa shape index (κ2) is 4.23. The Labute approximate surface area is 113 Å². The zero-order chi connectivity index (χ0) is 12.7. The minimum atomic E-state index is 0.345. The van der Waals surface area contributed by atoms with Crippen molar-refractivity contribution in [1.82, 2.24) is 19.6 Å². The number of halogens is 2.